The number of unbranched alkanes of at least 4 members (excludes halogenated alkanes) is 3. The molecule has 2 aromatic rings. The van der Waals surface area contributed by atoms with Crippen molar-refractivity contribution in [3.05, 3.63) is 56.6 Å². The zero-order valence-electron chi connectivity index (χ0n) is 21.0. The summed E-state index contributed by atoms with van der Waals surface area (Å²) in [6.07, 6.45) is 10.6. The molecule has 0 aliphatic carbocycles. The molecular formula is C27H36O8. The molecule has 8 heteroatoms. The standard InChI is InChI=1S/C27H36O8/c1-26(2,17-28)11-8-6-5-7-9-18(29)10-12-27(3,4)23(19-13-34-15-21(30)24(19)32)20-14-35-16-22(31)25(20)33/h13-17,23,30-31H,5-12H2,1-4H3. The first-order valence-electron chi connectivity index (χ1n) is 12.0. The van der Waals surface area contributed by atoms with Crippen molar-refractivity contribution in [2.24, 2.45) is 10.8 Å². The van der Waals surface area contributed by atoms with E-state index in [1.54, 1.807) is 0 Å². The normalized spacial score (nSPS) is 12.1. The van der Waals surface area contributed by atoms with Gasteiger partial charge in [0, 0.05) is 35.3 Å². The summed E-state index contributed by atoms with van der Waals surface area (Å²) in [5.41, 5.74) is -2.40. The highest BCUT2D eigenvalue weighted by Gasteiger charge is 2.37. The molecule has 0 saturated heterocycles. The van der Waals surface area contributed by atoms with Crippen molar-refractivity contribution in [1.29, 1.82) is 0 Å². The van der Waals surface area contributed by atoms with Gasteiger partial charge >= 0.3 is 0 Å². The third kappa shape index (κ3) is 7.67. The lowest BCUT2D eigenvalue weighted by atomic mass is 9.69. The van der Waals surface area contributed by atoms with Crippen LogP contribution in [0.2, 0.25) is 0 Å². The number of rotatable bonds is 14. The molecule has 0 radical (unpaired) electrons. The summed E-state index contributed by atoms with van der Waals surface area (Å²) in [6.45, 7) is 7.46. The molecule has 2 heterocycles. The predicted molar refractivity (Wildman–Crippen MR) is 131 cm³/mol. The fourth-order valence-electron chi connectivity index (χ4n) is 4.31. The third-order valence-electron chi connectivity index (χ3n) is 6.54. The molecule has 0 aromatic carbocycles. The van der Waals surface area contributed by atoms with E-state index in [1.165, 1.54) is 12.5 Å². The van der Waals surface area contributed by atoms with Gasteiger partial charge in [0.15, 0.2) is 11.5 Å². The lowest BCUT2D eigenvalue weighted by Gasteiger charge is -2.33. The van der Waals surface area contributed by atoms with Crippen LogP contribution in [0.4, 0.5) is 0 Å². The SMILES string of the molecule is CC(C)(C=O)CCCCCCC(=O)CCC(C)(C)C(c1cocc(O)c1=O)c1cocc(O)c1=O. The topological polar surface area (TPSA) is 135 Å². The summed E-state index contributed by atoms with van der Waals surface area (Å²) >= 11 is 0. The molecule has 35 heavy (non-hydrogen) atoms. The van der Waals surface area contributed by atoms with Gasteiger partial charge in [-0.05, 0) is 24.7 Å². The van der Waals surface area contributed by atoms with Gasteiger partial charge in [-0.25, -0.2) is 0 Å². The van der Waals surface area contributed by atoms with Gasteiger partial charge in [-0.1, -0.05) is 47.0 Å². The zero-order chi connectivity index (χ0) is 26.2. The maximum atomic E-state index is 12.7. The largest absolute Gasteiger partial charge is 0.502 e. The van der Waals surface area contributed by atoms with Crippen molar-refractivity contribution in [3.8, 4) is 11.5 Å². The van der Waals surface area contributed by atoms with Gasteiger partial charge in [0.05, 0.1) is 12.5 Å². The molecule has 192 valence electrons. The number of aromatic hydroxyl groups is 2. The van der Waals surface area contributed by atoms with E-state index in [4.69, 9.17) is 8.83 Å². The Morgan fingerprint density at radius 1 is 0.829 bits per heavy atom. The number of ketones is 1. The molecule has 0 saturated carbocycles. The molecule has 0 amide bonds. The molecule has 8 nitrogen and oxygen atoms in total. The van der Waals surface area contributed by atoms with E-state index in [-0.39, 0.29) is 28.7 Å². The highest BCUT2D eigenvalue weighted by atomic mass is 16.3. The van der Waals surface area contributed by atoms with Crippen molar-refractivity contribution in [2.45, 2.75) is 85.0 Å². The number of aldehydes is 1. The average molecular weight is 489 g/mol. The van der Waals surface area contributed by atoms with Gasteiger partial charge in [0.2, 0.25) is 10.9 Å². The summed E-state index contributed by atoms with van der Waals surface area (Å²) in [7, 11) is 0. The molecule has 0 aliphatic heterocycles. The van der Waals surface area contributed by atoms with E-state index < -0.39 is 33.7 Å². The van der Waals surface area contributed by atoms with Crippen molar-refractivity contribution < 1.29 is 28.6 Å². The number of carbonyl (C=O) groups excluding carboxylic acids is 2. The molecule has 0 bridgehead atoms. The van der Waals surface area contributed by atoms with Gasteiger partial charge in [0.1, 0.15) is 24.6 Å². The van der Waals surface area contributed by atoms with Gasteiger partial charge in [-0.3, -0.25) is 14.4 Å². The Balaban J connectivity index is 2.08. The molecule has 2 rings (SSSR count). The summed E-state index contributed by atoms with van der Waals surface area (Å²) in [4.78, 5) is 48.9. The van der Waals surface area contributed by atoms with Crippen LogP contribution in [0, 0.1) is 10.8 Å². The van der Waals surface area contributed by atoms with E-state index in [2.05, 4.69) is 0 Å². The van der Waals surface area contributed by atoms with Gasteiger partial charge in [0.25, 0.3) is 0 Å². The second-order valence-corrected chi connectivity index (χ2v) is 10.6. The van der Waals surface area contributed by atoms with Gasteiger partial charge in [-0.2, -0.15) is 0 Å². The number of Topliss-reactive ketones (excluding diaryl/α,β-unsaturated/α-hetero) is 1. The second-order valence-electron chi connectivity index (χ2n) is 10.6. The van der Waals surface area contributed by atoms with Gasteiger partial charge < -0.3 is 23.8 Å². The molecule has 0 fully saturated rings. The first-order chi connectivity index (χ1) is 16.4. The molecule has 2 N–H and O–H groups in total. The van der Waals surface area contributed by atoms with Crippen LogP contribution in [0.1, 0.15) is 96.1 Å². The number of hydrogen-bond donors (Lipinski definition) is 2. The minimum atomic E-state index is -0.886. The van der Waals surface area contributed by atoms with Crippen LogP contribution in [-0.2, 0) is 9.59 Å². The summed E-state index contributed by atoms with van der Waals surface area (Å²) in [5, 5.41) is 19.8. The minimum Gasteiger partial charge on any atom is -0.502 e. The maximum Gasteiger partial charge on any atom is 0.230 e. The Bertz CT molecular complexity index is 1060. The second kappa shape index (κ2) is 12.0. The van der Waals surface area contributed by atoms with E-state index in [0.717, 1.165) is 50.9 Å². The maximum absolute atomic E-state index is 12.7. The van der Waals surface area contributed by atoms with Crippen molar-refractivity contribution in [2.75, 3.05) is 0 Å². The summed E-state index contributed by atoms with van der Waals surface area (Å²) in [6, 6.07) is 0. The summed E-state index contributed by atoms with van der Waals surface area (Å²) < 4.78 is 10.2. The van der Waals surface area contributed by atoms with Crippen molar-refractivity contribution in [3.63, 3.8) is 0 Å². The molecule has 0 spiro atoms. The quantitative estimate of drug-likeness (QED) is 0.278. The molecule has 2 aromatic heterocycles. The lowest BCUT2D eigenvalue weighted by molar-refractivity contribution is -0.119. The molecule has 0 aliphatic rings. The van der Waals surface area contributed by atoms with E-state index in [9.17, 15) is 29.4 Å². The fraction of sp³-hybridized carbons (Fsp3) is 0.556. The van der Waals surface area contributed by atoms with Gasteiger partial charge in [-0.15, -0.1) is 0 Å². The Hall–Kier alpha value is -3.16. The monoisotopic (exact) mass is 488 g/mol. The number of hydrogen-bond acceptors (Lipinski definition) is 8. The minimum absolute atomic E-state index is 0.0404. The van der Waals surface area contributed by atoms with E-state index in [1.807, 2.05) is 27.7 Å². The Kier molecular flexibility index (Phi) is 9.63. The van der Waals surface area contributed by atoms with Crippen LogP contribution in [0.5, 0.6) is 11.5 Å². The Labute approximate surface area is 205 Å². The van der Waals surface area contributed by atoms with E-state index in [0.29, 0.717) is 12.8 Å². The average Bonchev–Trinajstić information content (AvgIpc) is 2.80. The number of carbonyl (C=O) groups is 2. The van der Waals surface area contributed by atoms with Crippen LogP contribution < -0.4 is 10.9 Å². The van der Waals surface area contributed by atoms with E-state index >= 15 is 0 Å². The zero-order valence-corrected chi connectivity index (χ0v) is 21.0. The Morgan fingerprint density at radius 2 is 1.34 bits per heavy atom. The first kappa shape index (κ1) is 28.1. The van der Waals surface area contributed by atoms with Crippen LogP contribution in [-0.4, -0.2) is 22.3 Å². The highest BCUT2D eigenvalue weighted by Crippen LogP contribution is 2.42. The molecular weight excluding hydrogens is 452 g/mol. The lowest BCUT2D eigenvalue weighted by Crippen LogP contribution is -2.31. The van der Waals surface area contributed by atoms with Crippen LogP contribution in [0.25, 0.3) is 0 Å². The van der Waals surface area contributed by atoms with Crippen LogP contribution in [0.15, 0.2) is 43.5 Å². The molecule has 0 atom stereocenters. The Morgan fingerprint density at radius 3 is 1.86 bits per heavy atom. The highest BCUT2D eigenvalue weighted by molar-refractivity contribution is 5.78. The molecule has 0 unspecified atom stereocenters. The predicted octanol–water partition coefficient (Wildman–Crippen LogP) is 5.08. The fourth-order valence-corrected chi connectivity index (χ4v) is 4.31. The van der Waals surface area contributed by atoms with Crippen LogP contribution >= 0.6 is 0 Å². The van der Waals surface area contributed by atoms with Crippen molar-refractivity contribution in [1.82, 2.24) is 0 Å². The smallest absolute Gasteiger partial charge is 0.230 e. The third-order valence-corrected chi connectivity index (χ3v) is 6.54. The van der Waals surface area contributed by atoms with Crippen LogP contribution in [0.3, 0.4) is 0 Å². The first-order valence-corrected chi connectivity index (χ1v) is 12.0. The summed E-state index contributed by atoms with van der Waals surface area (Å²) in [5.74, 6) is -2.00. The van der Waals surface area contributed by atoms with Crippen molar-refractivity contribution >= 4 is 12.1 Å².